The molecule has 4 heterocycles. The molecule has 0 bridgehead atoms. The highest BCUT2D eigenvalue weighted by Crippen LogP contribution is 2.37. The fourth-order valence-electron chi connectivity index (χ4n) is 5.18. The van der Waals surface area contributed by atoms with Crippen LogP contribution in [-0.2, 0) is 11.3 Å². The molecule has 12 nitrogen and oxygen atoms in total. The largest absolute Gasteiger partial charge is 0.444 e. The summed E-state index contributed by atoms with van der Waals surface area (Å²) in [4.78, 5) is 42.1. The Balaban J connectivity index is 1.46. The van der Waals surface area contributed by atoms with Crippen LogP contribution in [-0.4, -0.2) is 74.3 Å². The van der Waals surface area contributed by atoms with Crippen LogP contribution in [0.3, 0.4) is 0 Å². The zero-order chi connectivity index (χ0) is 26.5. The lowest BCUT2D eigenvalue weighted by molar-refractivity contribution is -0.383. The highest BCUT2D eigenvalue weighted by atomic mass is 16.6. The van der Waals surface area contributed by atoms with Crippen molar-refractivity contribution in [2.45, 2.75) is 39.8 Å². The van der Waals surface area contributed by atoms with Gasteiger partial charge in [0, 0.05) is 63.2 Å². The van der Waals surface area contributed by atoms with Crippen LogP contribution < -0.4 is 10.2 Å². The maximum absolute atomic E-state index is 12.6. The lowest BCUT2D eigenvalue weighted by Crippen LogP contribution is -2.37. The molecular weight excluding hydrogens is 476 g/mol. The minimum atomic E-state index is -0.525. The fourth-order valence-corrected chi connectivity index (χ4v) is 5.18. The van der Waals surface area contributed by atoms with Gasteiger partial charge in [-0.15, -0.1) is 0 Å². The number of hydrogen-bond acceptors (Lipinski definition) is 9. The number of nitro benzene ring substituents is 1. The van der Waals surface area contributed by atoms with Crippen molar-refractivity contribution in [1.29, 1.82) is 0 Å². The number of anilines is 2. The number of carbonyl (C=O) groups excluding carboxylic acids is 1. The predicted molar refractivity (Wildman–Crippen MR) is 140 cm³/mol. The lowest BCUT2D eigenvalue weighted by Gasteiger charge is -2.26. The molecule has 2 aliphatic heterocycles. The first-order chi connectivity index (χ1) is 17.6. The van der Waals surface area contributed by atoms with Crippen molar-refractivity contribution < 1.29 is 14.5 Å². The summed E-state index contributed by atoms with van der Waals surface area (Å²) in [6.45, 7) is 11.0. The number of benzene rings is 1. The van der Waals surface area contributed by atoms with Crippen LogP contribution in [0.25, 0.3) is 22.4 Å². The van der Waals surface area contributed by atoms with Crippen LogP contribution in [0.2, 0.25) is 0 Å². The Bertz CT molecular complexity index is 1350. The van der Waals surface area contributed by atoms with Gasteiger partial charge in [0.15, 0.2) is 5.65 Å². The topological polar surface area (TPSA) is 132 Å². The Hall–Kier alpha value is -3.96. The number of nitrogens with zero attached hydrogens (tertiary/aromatic N) is 7. The van der Waals surface area contributed by atoms with Gasteiger partial charge in [-0.1, -0.05) is 6.07 Å². The molecule has 1 amide bonds. The number of aryl methyl sites for hydroxylation is 1. The average molecular weight is 509 g/mol. The van der Waals surface area contributed by atoms with E-state index in [1.54, 1.807) is 24.3 Å². The van der Waals surface area contributed by atoms with Crippen molar-refractivity contribution in [3.8, 4) is 11.3 Å². The second-order valence-electron chi connectivity index (χ2n) is 10.6. The smallest absolute Gasteiger partial charge is 0.410 e. The van der Waals surface area contributed by atoms with Crippen molar-refractivity contribution in [2.24, 2.45) is 11.8 Å². The lowest BCUT2D eigenvalue weighted by atomic mass is 10.0. The quantitative estimate of drug-likeness (QED) is 0.404. The third-order valence-electron chi connectivity index (χ3n) is 6.95. The van der Waals surface area contributed by atoms with Crippen LogP contribution in [0.15, 0.2) is 24.5 Å². The highest BCUT2D eigenvalue weighted by Gasteiger charge is 2.43. The fraction of sp³-hybridized carbons (Fsp3) is 0.520. The molecule has 0 spiro atoms. The molecule has 3 aromatic rings. The molecule has 2 saturated heterocycles. The molecule has 2 aromatic heterocycles. The molecule has 2 aliphatic rings. The monoisotopic (exact) mass is 508 g/mol. The van der Waals surface area contributed by atoms with E-state index in [2.05, 4.69) is 15.2 Å². The van der Waals surface area contributed by atoms with Crippen molar-refractivity contribution in [2.75, 3.05) is 43.4 Å². The molecule has 2 fully saturated rings. The average Bonchev–Trinajstić information content (AvgIpc) is 3.54. The van der Waals surface area contributed by atoms with Crippen molar-refractivity contribution in [3.05, 3.63) is 34.6 Å². The molecule has 37 heavy (non-hydrogen) atoms. The molecule has 12 heteroatoms. The first kappa shape index (κ1) is 24.7. The minimum Gasteiger partial charge on any atom is -0.444 e. The van der Waals surface area contributed by atoms with Crippen LogP contribution in [0.1, 0.15) is 27.7 Å². The number of fused-ring (bicyclic) bond motifs is 2. The molecular formula is C25H32N8O4. The third kappa shape index (κ3) is 4.63. The Morgan fingerprint density at radius 2 is 1.89 bits per heavy atom. The third-order valence-corrected chi connectivity index (χ3v) is 6.95. The standard InChI is InChI=1S/C25H32N8O4/c1-6-30-14-27-21-20(15-7-8-18(26-5)19(9-15)33(35)36)28-23(29-22(21)30)31-10-16-12-32(13-17(16)11-31)24(34)37-25(2,3)4/h7-9,14,16-17,26H,6,10-13H2,1-5H3. The molecule has 196 valence electrons. The van der Waals surface area contributed by atoms with E-state index in [1.165, 1.54) is 6.07 Å². The van der Waals surface area contributed by atoms with E-state index in [0.29, 0.717) is 78.6 Å². The first-order valence-corrected chi connectivity index (χ1v) is 12.5. The van der Waals surface area contributed by atoms with E-state index < -0.39 is 10.5 Å². The number of aromatic nitrogens is 4. The van der Waals surface area contributed by atoms with Crippen LogP contribution in [0, 0.1) is 22.0 Å². The van der Waals surface area contributed by atoms with Gasteiger partial charge in [-0.05, 0) is 33.8 Å². The zero-order valence-corrected chi connectivity index (χ0v) is 21.8. The zero-order valence-electron chi connectivity index (χ0n) is 21.8. The van der Waals surface area contributed by atoms with Crippen LogP contribution in [0.5, 0.6) is 0 Å². The molecule has 0 radical (unpaired) electrons. The van der Waals surface area contributed by atoms with Crippen LogP contribution in [0.4, 0.5) is 22.1 Å². The van der Waals surface area contributed by atoms with Crippen molar-refractivity contribution in [3.63, 3.8) is 0 Å². The summed E-state index contributed by atoms with van der Waals surface area (Å²) in [5.74, 6) is 1.15. The maximum atomic E-state index is 12.6. The molecule has 1 N–H and O–H groups in total. The van der Waals surface area contributed by atoms with Gasteiger partial charge < -0.3 is 24.4 Å². The Labute approximate surface area is 214 Å². The highest BCUT2D eigenvalue weighted by molar-refractivity contribution is 5.90. The van der Waals surface area contributed by atoms with Gasteiger partial charge in [-0.3, -0.25) is 10.1 Å². The molecule has 5 rings (SSSR count). The summed E-state index contributed by atoms with van der Waals surface area (Å²) in [6.07, 6.45) is 1.45. The van der Waals surface area contributed by atoms with E-state index >= 15 is 0 Å². The maximum Gasteiger partial charge on any atom is 0.410 e. The van der Waals surface area contributed by atoms with Crippen LogP contribution >= 0.6 is 0 Å². The number of ether oxygens (including phenoxy) is 1. The van der Waals surface area contributed by atoms with Gasteiger partial charge in [-0.2, -0.15) is 4.98 Å². The summed E-state index contributed by atoms with van der Waals surface area (Å²) in [6, 6.07) is 5.02. The number of amides is 1. The summed E-state index contributed by atoms with van der Waals surface area (Å²) in [5, 5.41) is 14.6. The number of nitrogens with one attached hydrogen (secondary N) is 1. The second kappa shape index (κ2) is 9.16. The molecule has 2 unspecified atom stereocenters. The van der Waals surface area contributed by atoms with E-state index in [4.69, 9.17) is 14.7 Å². The first-order valence-electron chi connectivity index (χ1n) is 12.5. The van der Waals surface area contributed by atoms with Gasteiger partial charge in [0.2, 0.25) is 5.95 Å². The minimum absolute atomic E-state index is 0.0267. The van der Waals surface area contributed by atoms with E-state index in [1.807, 2.05) is 38.3 Å². The predicted octanol–water partition coefficient (Wildman–Crippen LogP) is 3.77. The summed E-state index contributed by atoms with van der Waals surface area (Å²) in [7, 11) is 1.65. The van der Waals surface area contributed by atoms with E-state index in [-0.39, 0.29) is 11.8 Å². The second-order valence-corrected chi connectivity index (χ2v) is 10.6. The van der Waals surface area contributed by atoms with Gasteiger partial charge in [-0.25, -0.2) is 14.8 Å². The number of carbonyl (C=O) groups is 1. The Kier molecular flexibility index (Phi) is 6.12. The van der Waals surface area contributed by atoms with E-state index in [9.17, 15) is 14.9 Å². The summed E-state index contributed by atoms with van der Waals surface area (Å²) >= 11 is 0. The number of rotatable bonds is 5. The molecule has 0 saturated carbocycles. The number of hydrogen-bond donors (Lipinski definition) is 1. The van der Waals surface area contributed by atoms with Crippen molar-refractivity contribution in [1.82, 2.24) is 24.4 Å². The summed E-state index contributed by atoms with van der Waals surface area (Å²) in [5.41, 5.74) is 2.34. The molecule has 1 aromatic carbocycles. The number of likely N-dealkylation sites (tertiary alicyclic amines) is 1. The van der Waals surface area contributed by atoms with Gasteiger partial charge in [0.05, 0.1) is 11.3 Å². The van der Waals surface area contributed by atoms with E-state index in [0.717, 1.165) is 0 Å². The SMILES string of the molecule is CCn1cnc2c(-c3ccc(NC)c([N+](=O)[O-])c3)nc(N3CC4CN(C(=O)OC(C)(C)C)CC4C3)nc21. The number of nitro groups is 1. The van der Waals surface area contributed by atoms with Crippen molar-refractivity contribution >= 4 is 34.6 Å². The van der Waals surface area contributed by atoms with Gasteiger partial charge in [0.25, 0.3) is 5.69 Å². The Morgan fingerprint density at radius 1 is 1.19 bits per heavy atom. The molecule has 0 aliphatic carbocycles. The Morgan fingerprint density at radius 3 is 2.49 bits per heavy atom. The normalized spacial score (nSPS) is 19.4. The summed E-state index contributed by atoms with van der Waals surface area (Å²) < 4.78 is 7.50. The van der Waals surface area contributed by atoms with Gasteiger partial charge in [0.1, 0.15) is 22.5 Å². The van der Waals surface area contributed by atoms with Gasteiger partial charge >= 0.3 is 6.09 Å². The molecule has 2 atom stereocenters. The number of imidazole rings is 1.